The molecule has 4 heteroatoms. The van der Waals surface area contributed by atoms with Crippen LogP contribution in [0.2, 0.25) is 0 Å². The zero-order chi connectivity index (χ0) is 14.3. The summed E-state index contributed by atoms with van der Waals surface area (Å²) in [6, 6.07) is 6.53. The lowest BCUT2D eigenvalue weighted by molar-refractivity contribution is -0.121. The molecule has 1 amide bonds. The van der Waals surface area contributed by atoms with Crippen molar-refractivity contribution >= 4 is 5.91 Å². The van der Waals surface area contributed by atoms with Crippen molar-refractivity contribution in [3.05, 3.63) is 35.6 Å². The Hall–Kier alpha value is -1.42. The lowest BCUT2D eigenvalue weighted by Crippen LogP contribution is -2.29. The van der Waals surface area contributed by atoms with Gasteiger partial charge in [-0.2, -0.15) is 0 Å². The molecule has 3 nitrogen and oxygen atoms in total. The summed E-state index contributed by atoms with van der Waals surface area (Å²) in [7, 11) is 0. The van der Waals surface area contributed by atoms with E-state index in [0.717, 1.165) is 0 Å². The molecule has 0 spiro atoms. The van der Waals surface area contributed by atoms with Gasteiger partial charge < -0.3 is 10.4 Å². The molecule has 0 radical (unpaired) electrons. The van der Waals surface area contributed by atoms with Crippen molar-refractivity contribution in [3.8, 4) is 0 Å². The normalized spacial score (nSPS) is 13.9. The van der Waals surface area contributed by atoms with Crippen LogP contribution in [0.15, 0.2) is 24.3 Å². The molecule has 2 N–H and O–H groups in total. The molecular formula is C15H22FNO2. The predicted molar refractivity (Wildman–Crippen MR) is 73.3 cm³/mol. The number of carbonyl (C=O) groups excluding carboxylic acids is 1. The second-order valence-electron chi connectivity index (χ2n) is 5.05. The average Bonchev–Trinajstić information content (AvgIpc) is 2.37. The van der Waals surface area contributed by atoms with Crippen LogP contribution < -0.4 is 5.32 Å². The fraction of sp³-hybridized carbons (Fsp3) is 0.533. The Bertz CT molecular complexity index is 409. The van der Waals surface area contributed by atoms with E-state index in [2.05, 4.69) is 5.32 Å². The highest BCUT2D eigenvalue weighted by Gasteiger charge is 2.14. The minimum atomic E-state index is -0.267. The Morgan fingerprint density at radius 2 is 2.05 bits per heavy atom. The summed E-state index contributed by atoms with van der Waals surface area (Å²) in [4.78, 5) is 11.8. The second-order valence-corrected chi connectivity index (χ2v) is 5.05. The number of aliphatic hydroxyl groups excluding tert-OH is 1. The van der Waals surface area contributed by atoms with Crippen LogP contribution in [0, 0.1) is 11.7 Å². The number of nitrogens with one attached hydrogen (secondary N) is 1. The first-order valence-electron chi connectivity index (χ1n) is 6.66. The van der Waals surface area contributed by atoms with E-state index in [9.17, 15) is 9.18 Å². The Morgan fingerprint density at radius 1 is 1.37 bits per heavy atom. The maximum absolute atomic E-state index is 13.5. The van der Waals surface area contributed by atoms with Crippen LogP contribution in [0.3, 0.4) is 0 Å². The quantitative estimate of drug-likeness (QED) is 0.797. The maximum atomic E-state index is 13.5. The molecule has 2 atom stereocenters. The number of benzene rings is 1. The van der Waals surface area contributed by atoms with Gasteiger partial charge in [-0.15, -0.1) is 0 Å². The van der Waals surface area contributed by atoms with Crippen molar-refractivity contribution in [3.63, 3.8) is 0 Å². The first-order chi connectivity index (χ1) is 9.04. The topological polar surface area (TPSA) is 49.3 Å². The van der Waals surface area contributed by atoms with E-state index < -0.39 is 0 Å². The Labute approximate surface area is 113 Å². The van der Waals surface area contributed by atoms with Gasteiger partial charge in [-0.25, -0.2) is 4.39 Å². The van der Waals surface area contributed by atoms with Gasteiger partial charge in [0.25, 0.3) is 0 Å². The van der Waals surface area contributed by atoms with Crippen molar-refractivity contribution in [2.45, 2.75) is 32.6 Å². The molecular weight excluding hydrogens is 245 g/mol. The van der Waals surface area contributed by atoms with Crippen LogP contribution in [0.5, 0.6) is 0 Å². The number of halogens is 1. The van der Waals surface area contributed by atoms with Gasteiger partial charge in [0.1, 0.15) is 5.82 Å². The zero-order valence-electron chi connectivity index (χ0n) is 11.5. The van der Waals surface area contributed by atoms with Crippen molar-refractivity contribution in [2.24, 2.45) is 5.92 Å². The molecule has 0 aliphatic heterocycles. The maximum Gasteiger partial charge on any atom is 0.220 e. The van der Waals surface area contributed by atoms with E-state index >= 15 is 0 Å². The van der Waals surface area contributed by atoms with Crippen molar-refractivity contribution in [1.29, 1.82) is 0 Å². The highest BCUT2D eigenvalue weighted by Crippen LogP contribution is 2.21. The lowest BCUT2D eigenvalue weighted by atomic mass is 9.97. The molecule has 2 unspecified atom stereocenters. The molecule has 0 aromatic heterocycles. The van der Waals surface area contributed by atoms with E-state index in [0.29, 0.717) is 18.5 Å². The van der Waals surface area contributed by atoms with Gasteiger partial charge in [-0.1, -0.05) is 32.0 Å². The summed E-state index contributed by atoms with van der Waals surface area (Å²) < 4.78 is 13.5. The van der Waals surface area contributed by atoms with Gasteiger partial charge in [-0.3, -0.25) is 4.79 Å². The summed E-state index contributed by atoms with van der Waals surface area (Å²) in [5, 5.41) is 11.6. The van der Waals surface area contributed by atoms with Crippen molar-refractivity contribution in [2.75, 3.05) is 13.2 Å². The Kier molecular flexibility index (Phi) is 6.50. The summed E-state index contributed by atoms with van der Waals surface area (Å²) >= 11 is 0. The van der Waals surface area contributed by atoms with Crippen LogP contribution >= 0.6 is 0 Å². The predicted octanol–water partition coefficient (Wildman–Crippen LogP) is 2.45. The first kappa shape index (κ1) is 15.6. The summed E-state index contributed by atoms with van der Waals surface area (Å²) in [5.41, 5.74) is 0.570. The number of aliphatic hydroxyl groups is 1. The van der Waals surface area contributed by atoms with Gasteiger partial charge in [0.15, 0.2) is 0 Å². The van der Waals surface area contributed by atoms with E-state index in [4.69, 9.17) is 5.11 Å². The molecule has 0 bridgehead atoms. The van der Waals surface area contributed by atoms with Gasteiger partial charge in [-0.05, 0) is 29.9 Å². The first-order valence-corrected chi connectivity index (χ1v) is 6.66. The minimum absolute atomic E-state index is 0.0828. The van der Waals surface area contributed by atoms with E-state index in [1.54, 1.807) is 18.2 Å². The van der Waals surface area contributed by atoms with Gasteiger partial charge >= 0.3 is 0 Å². The standard InChI is InChI=1S/C15H22FNO2/c1-11(7-8-18)10-17-15(19)9-12(2)13-5-3-4-6-14(13)16/h3-6,11-12,18H,7-10H2,1-2H3,(H,17,19). The van der Waals surface area contributed by atoms with E-state index in [-0.39, 0.29) is 36.6 Å². The Morgan fingerprint density at radius 3 is 2.68 bits per heavy atom. The van der Waals surface area contributed by atoms with Crippen molar-refractivity contribution in [1.82, 2.24) is 5.32 Å². The molecule has 106 valence electrons. The molecule has 0 aliphatic carbocycles. The lowest BCUT2D eigenvalue weighted by Gasteiger charge is -2.15. The number of hydrogen-bond donors (Lipinski definition) is 2. The van der Waals surface area contributed by atoms with Gasteiger partial charge in [0.2, 0.25) is 5.91 Å². The van der Waals surface area contributed by atoms with Gasteiger partial charge in [0.05, 0.1) is 0 Å². The third-order valence-corrected chi connectivity index (χ3v) is 3.20. The van der Waals surface area contributed by atoms with E-state index in [1.807, 2.05) is 13.8 Å². The summed E-state index contributed by atoms with van der Waals surface area (Å²) in [6.45, 7) is 4.48. The molecule has 1 aromatic rings. The molecule has 0 saturated heterocycles. The highest BCUT2D eigenvalue weighted by molar-refractivity contribution is 5.76. The number of rotatable bonds is 7. The molecule has 1 rings (SSSR count). The fourth-order valence-electron chi connectivity index (χ4n) is 1.95. The number of amides is 1. The van der Waals surface area contributed by atoms with Crippen LogP contribution in [-0.4, -0.2) is 24.2 Å². The summed E-state index contributed by atoms with van der Waals surface area (Å²) in [6.07, 6.45) is 0.940. The molecule has 0 heterocycles. The third-order valence-electron chi connectivity index (χ3n) is 3.20. The van der Waals surface area contributed by atoms with Crippen LogP contribution in [0.25, 0.3) is 0 Å². The van der Waals surface area contributed by atoms with Crippen LogP contribution in [0.4, 0.5) is 4.39 Å². The second kappa shape index (κ2) is 7.89. The van der Waals surface area contributed by atoms with E-state index in [1.165, 1.54) is 6.07 Å². The number of carbonyl (C=O) groups is 1. The average molecular weight is 267 g/mol. The Balaban J connectivity index is 2.42. The molecule has 1 aromatic carbocycles. The fourth-order valence-corrected chi connectivity index (χ4v) is 1.95. The molecule has 19 heavy (non-hydrogen) atoms. The van der Waals surface area contributed by atoms with Crippen molar-refractivity contribution < 1.29 is 14.3 Å². The largest absolute Gasteiger partial charge is 0.396 e. The minimum Gasteiger partial charge on any atom is -0.396 e. The summed E-state index contributed by atoms with van der Waals surface area (Å²) in [5.74, 6) is -0.246. The van der Waals surface area contributed by atoms with Crippen LogP contribution in [-0.2, 0) is 4.79 Å². The molecule has 0 fully saturated rings. The number of hydrogen-bond acceptors (Lipinski definition) is 2. The molecule has 0 aliphatic rings. The highest BCUT2D eigenvalue weighted by atomic mass is 19.1. The smallest absolute Gasteiger partial charge is 0.220 e. The van der Waals surface area contributed by atoms with Gasteiger partial charge in [0, 0.05) is 19.6 Å². The zero-order valence-corrected chi connectivity index (χ0v) is 11.5. The third kappa shape index (κ3) is 5.39. The molecule has 0 saturated carbocycles. The van der Waals surface area contributed by atoms with Crippen LogP contribution in [0.1, 0.15) is 38.2 Å². The SMILES string of the molecule is CC(CCO)CNC(=O)CC(C)c1ccccc1F. The monoisotopic (exact) mass is 267 g/mol.